The van der Waals surface area contributed by atoms with Gasteiger partial charge in [-0.25, -0.2) is 0 Å². The van der Waals surface area contributed by atoms with E-state index in [1.807, 2.05) is 18.2 Å². The molecule has 0 radical (unpaired) electrons. The van der Waals surface area contributed by atoms with Crippen molar-refractivity contribution in [2.24, 2.45) is 0 Å². The van der Waals surface area contributed by atoms with Gasteiger partial charge in [0.15, 0.2) is 11.5 Å². The Morgan fingerprint density at radius 3 is 2.60 bits per heavy atom. The molecule has 1 N–H and O–H groups in total. The van der Waals surface area contributed by atoms with Crippen molar-refractivity contribution in [2.75, 3.05) is 41.0 Å². The standard InChI is InChI=1S/C16H25NO3/c1-5-13(12-17-9-10-18-2)11-14-7-6-8-15(19-3)16(14)20-4/h6-8,11,17H,5,9-10,12H2,1-4H3. The highest BCUT2D eigenvalue weighted by Gasteiger charge is 2.08. The molecule has 4 nitrogen and oxygen atoms in total. The van der Waals surface area contributed by atoms with Crippen molar-refractivity contribution in [1.29, 1.82) is 0 Å². The smallest absolute Gasteiger partial charge is 0.167 e. The van der Waals surface area contributed by atoms with E-state index in [0.29, 0.717) is 0 Å². The van der Waals surface area contributed by atoms with Crippen molar-refractivity contribution >= 4 is 6.08 Å². The van der Waals surface area contributed by atoms with Crippen LogP contribution in [-0.4, -0.2) is 41.0 Å². The fraction of sp³-hybridized carbons (Fsp3) is 0.500. The third-order valence-corrected chi connectivity index (χ3v) is 3.08. The molecule has 0 atom stereocenters. The molecule has 4 heteroatoms. The zero-order chi connectivity index (χ0) is 14.8. The molecule has 0 aromatic heterocycles. The van der Waals surface area contributed by atoms with E-state index >= 15 is 0 Å². The molecular formula is C16H25NO3. The van der Waals surface area contributed by atoms with Gasteiger partial charge in [0.2, 0.25) is 0 Å². The predicted molar refractivity (Wildman–Crippen MR) is 82.6 cm³/mol. The van der Waals surface area contributed by atoms with Gasteiger partial charge in [0.1, 0.15) is 0 Å². The fourth-order valence-electron chi connectivity index (χ4n) is 1.95. The summed E-state index contributed by atoms with van der Waals surface area (Å²) in [6.07, 6.45) is 3.14. The Balaban J connectivity index is 2.83. The number of nitrogens with one attached hydrogen (secondary N) is 1. The molecule has 1 aromatic carbocycles. The Bertz CT molecular complexity index is 430. The van der Waals surface area contributed by atoms with Crippen LogP contribution in [0.25, 0.3) is 6.08 Å². The maximum absolute atomic E-state index is 5.45. The third kappa shape index (κ3) is 4.87. The molecule has 0 aliphatic rings. The van der Waals surface area contributed by atoms with E-state index in [0.717, 1.165) is 43.2 Å². The van der Waals surface area contributed by atoms with E-state index in [2.05, 4.69) is 18.3 Å². The van der Waals surface area contributed by atoms with Crippen molar-refractivity contribution in [3.8, 4) is 11.5 Å². The SMILES string of the molecule is CCC(=Cc1cccc(OC)c1OC)CNCCOC. The molecule has 112 valence electrons. The fourth-order valence-corrected chi connectivity index (χ4v) is 1.95. The summed E-state index contributed by atoms with van der Waals surface area (Å²) in [5, 5.41) is 3.36. The summed E-state index contributed by atoms with van der Waals surface area (Å²) in [6, 6.07) is 5.91. The van der Waals surface area contributed by atoms with Crippen LogP contribution in [0.1, 0.15) is 18.9 Å². The quantitative estimate of drug-likeness (QED) is 0.706. The Morgan fingerprint density at radius 2 is 2.00 bits per heavy atom. The van der Waals surface area contributed by atoms with Gasteiger partial charge in [-0.3, -0.25) is 0 Å². The van der Waals surface area contributed by atoms with Gasteiger partial charge in [-0.05, 0) is 12.5 Å². The first-order chi connectivity index (χ1) is 9.76. The van der Waals surface area contributed by atoms with Crippen molar-refractivity contribution in [3.05, 3.63) is 29.3 Å². The van der Waals surface area contributed by atoms with E-state index in [1.165, 1.54) is 5.57 Å². The summed E-state index contributed by atoms with van der Waals surface area (Å²) < 4.78 is 15.8. The Hall–Kier alpha value is -1.52. The van der Waals surface area contributed by atoms with Crippen LogP contribution < -0.4 is 14.8 Å². The van der Waals surface area contributed by atoms with Crippen molar-refractivity contribution < 1.29 is 14.2 Å². The number of hydrogen-bond acceptors (Lipinski definition) is 4. The van der Waals surface area contributed by atoms with Crippen LogP contribution in [0.2, 0.25) is 0 Å². The molecule has 0 aliphatic heterocycles. The lowest BCUT2D eigenvalue weighted by atomic mass is 10.1. The monoisotopic (exact) mass is 279 g/mol. The minimum absolute atomic E-state index is 0.722. The lowest BCUT2D eigenvalue weighted by molar-refractivity contribution is 0.200. The minimum Gasteiger partial charge on any atom is -0.493 e. The second-order valence-corrected chi connectivity index (χ2v) is 4.41. The molecule has 1 aromatic rings. The van der Waals surface area contributed by atoms with Gasteiger partial charge in [-0.1, -0.05) is 30.7 Å². The Kier molecular flexibility index (Phi) is 7.77. The largest absolute Gasteiger partial charge is 0.493 e. The average Bonchev–Trinajstić information content (AvgIpc) is 2.49. The van der Waals surface area contributed by atoms with Crippen molar-refractivity contribution in [3.63, 3.8) is 0 Å². The number of benzene rings is 1. The van der Waals surface area contributed by atoms with Gasteiger partial charge in [-0.15, -0.1) is 0 Å². The number of ether oxygens (including phenoxy) is 3. The molecule has 0 saturated carbocycles. The third-order valence-electron chi connectivity index (χ3n) is 3.08. The molecule has 1 rings (SSSR count). The zero-order valence-electron chi connectivity index (χ0n) is 12.9. The summed E-state index contributed by atoms with van der Waals surface area (Å²) in [5.74, 6) is 1.53. The van der Waals surface area contributed by atoms with Gasteiger partial charge in [-0.2, -0.15) is 0 Å². The van der Waals surface area contributed by atoms with Gasteiger partial charge < -0.3 is 19.5 Å². The summed E-state index contributed by atoms with van der Waals surface area (Å²) in [5.41, 5.74) is 2.35. The first-order valence-corrected chi connectivity index (χ1v) is 6.86. The topological polar surface area (TPSA) is 39.7 Å². The number of para-hydroxylation sites is 1. The summed E-state index contributed by atoms with van der Waals surface area (Å²) in [4.78, 5) is 0. The molecule has 20 heavy (non-hydrogen) atoms. The van der Waals surface area contributed by atoms with Crippen LogP contribution in [0.15, 0.2) is 23.8 Å². The average molecular weight is 279 g/mol. The van der Waals surface area contributed by atoms with E-state index < -0.39 is 0 Å². The highest BCUT2D eigenvalue weighted by atomic mass is 16.5. The minimum atomic E-state index is 0.722. The van der Waals surface area contributed by atoms with Crippen molar-refractivity contribution in [1.82, 2.24) is 5.32 Å². The molecule has 0 fully saturated rings. The van der Waals surface area contributed by atoms with Gasteiger partial charge in [0.25, 0.3) is 0 Å². The van der Waals surface area contributed by atoms with E-state index in [1.54, 1.807) is 21.3 Å². The lowest BCUT2D eigenvalue weighted by Crippen LogP contribution is -2.21. The molecule has 0 heterocycles. The lowest BCUT2D eigenvalue weighted by Gasteiger charge is -2.12. The second kappa shape index (κ2) is 9.39. The summed E-state index contributed by atoms with van der Waals surface area (Å²) in [6.45, 7) is 4.57. The number of rotatable bonds is 9. The van der Waals surface area contributed by atoms with Crippen LogP contribution in [-0.2, 0) is 4.74 Å². The zero-order valence-corrected chi connectivity index (χ0v) is 12.9. The van der Waals surface area contributed by atoms with Crippen LogP contribution >= 0.6 is 0 Å². The number of hydrogen-bond donors (Lipinski definition) is 1. The second-order valence-electron chi connectivity index (χ2n) is 4.41. The normalized spacial score (nSPS) is 11.5. The summed E-state index contributed by atoms with van der Waals surface area (Å²) >= 11 is 0. The Morgan fingerprint density at radius 1 is 1.20 bits per heavy atom. The molecule has 0 aliphatic carbocycles. The maximum atomic E-state index is 5.45. The molecule has 0 bridgehead atoms. The molecule has 0 amide bonds. The first kappa shape index (κ1) is 16.5. The van der Waals surface area contributed by atoms with Gasteiger partial charge in [0.05, 0.1) is 20.8 Å². The predicted octanol–water partition coefficient (Wildman–Crippen LogP) is 2.73. The molecular weight excluding hydrogens is 254 g/mol. The van der Waals surface area contributed by atoms with Crippen molar-refractivity contribution in [2.45, 2.75) is 13.3 Å². The van der Waals surface area contributed by atoms with Crippen LogP contribution in [0.5, 0.6) is 11.5 Å². The molecule has 0 unspecified atom stereocenters. The van der Waals surface area contributed by atoms with Crippen LogP contribution in [0, 0.1) is 0 Å². The van der Waals surface area contributed by atoms with Gasteiger partial charge >= 0.3 is 0 Å². The number of methoxy groups -OCH3 is 3. The van der Waals surface area contributed by atoms with E-state index in [9.17, 15) is 0 Å². The Labute approximate surface area is 121 Å². The molecule has 0 saturated heterocycles. The van der Waals surface area contributed by atoms with E-state index in [-0.39, 0.29) is 0 Å². The van der Waals surface area contributed by atoms with Crippen LogP contribution in [0.3, 0.4) is 0 Å². The highest BCUT2D eigenvalue weighted by molar-refractivity contribution is 5.64. The van der Waals surface area contributed by atoms with Crippen LogP contribution in [0.4, 0.5) is 0 Å². The highest BCUT2D eigenvalue weighted by Crippen LogP contribution is 2.32. The van der Waals surface area contributed by atoms with Gasteiger partial charge in [0, 0.05) is 25.8 Å². The molecule has 0 spiro atoms. The first-order valence-electron chi connectivity index (χ1n) is 6.86. The summed E-state index contributed by atoms with van der Waals surface area (Å²) in [7, 11) is 5.02. The maximum Gasteiger partial charge on any atom is 0.167 e. The van der Waals surface area contributed by atoms with E-state index in [4.69, 9.17) is 14.2 Å².